The molecular formula is C15H14ClN3O2. The second kappa shape index (κ2) is 7.48. The van der Waals surface area contributed by atoms with Crippen molar-refractivity contribution in [1.82, 2.24) is 9.55 Å². The molecule has 5 nitrogen and oxygen atoms in total. The summed E-state index contributed by atoms with van der Waals surface area (Å²) in [7, 11) is 0. The Morgan fingerprint density at radius 3 is 3.05 bits per heavy atom. The molecule has 1 aromatic heterocycles. The van der Waals surface area contributed by atoms with Gasteiger partial charge >= 0.3 is 0 Å². The molecule has 2 aromatic rings. The number of nitrogens with one attached hydrogen (secondary N) is 1. The number of hydrogen-bond donors (Lipinski definition) is 2. The fraction of sp³-hybridized carbons (Fsp3) is 0.200. The molecule has 0 radical (unpaired) electrons. The van der Waals surface area contributed by atoms with Crippen LogP contribution in [0.5, 0.6) is 0 Å². The Labute approximate surface area is 127 Å². The fourth-order valence-electron chi connectivity index (χ4n) is 1.73. The molecule has 0 saturated carbocycles. The molecule has 6 heteroatoms. The molecule has 2 rings (SSSR count). The highest BCUT2D eigenvalue weighted by atomic mass is 35.5. The lowest BCUT2D eigenvalue weighted by Gasteiger charge is -2.08. The summed E-state index contributed by atoms with van der Waals surface area (Å²) in [5, 5.41) is 12.1. The number of imidazole rings is 1. The lowest BCUT2D eigenvalue weighted by Crippen LogP contribution is -2.14. The van der Waals surface area contributed by atoms with Crippen LogP contribution in [0.15, 0.2) is 36.9 Å². The maximum Gasteiger partial charge on any atom is 0.226 e. The topological polar surface area (TPSA) is 67.2 Å². The quantitative estimate of drug-likeness (QED) is 0.848. The van der Waals surface area contributed by atoms with Crippen molar-refractivity contribution >= 4 is 23.2 Å². The number of aromatic nitrogens is 2. The molecule has 21 heavy (non-hydrogen) atoms. The third-order valence-corrected chi connectivity index (χ3v) is 2.95. The Morgan fingerprint density at radius 2 is 2.33 bits per heavy atom. The summed E-state index contributed by atoms with van der Waals surface area (Å²) in [6.45, 7) is 0.303. The van der Waals surface area contributed by atoms with Crippen LogP contribution in [0.4, 0.5) is 5.69 Å². The third-order valence-electron chi connectivity index (χ3n) is 2.71. The van der Waals surface area contributed by atoms with Crippen molar-refractivity contribution in [2.75, 3.05) is 11.9 Å². The van der Waals surface area contributed by atoms with Gasteiger partial charge in [0.25, 0.3) is 0 Å². The highest BCUT2D eigenvalue weighted by Gasteiger charge is 2.06. The zero-order valence-corrected chi connectivity index (χ0v) is 12.0. The number of carbonyl (C=O) groups excluding carboxylic acids is 1. The average molecular weight is 304 g/mol. The Balaban J connectivity index is 2.02. The van der Waals surface area contributed by atoms with E-state index in [0.717, 1.165) is 0 Å². The predicted molar refractivity (Wildman–Crippen MR) is 80.9 cm³/mol. The van der Waals surface area contributed by atoms with Crippen molar-refractivity contribution in [2.24, 2.45) is 0 Å². The monoisotopic (exact) mass is 303 g/mol. The van der Waals surface area contributed by atoms with Gasteiger partial charge in [0.1, 0.15) is 6.61 Å². The fourth-order valence-corrected chi connectivity index (χ4v) is 1.90. The molecule has 0 aliphatic rings. The van der Waals surface area contributed by atoms with E-state index < -0.39 is 0 Å². The summed E-state index contributed by atoms with van der Waals surface area (Å²) in [6, 6.07) is 5.02. The maximum atomic E-state index is 11.9. The molecule has 0 aliphatic heterocycles. The number of halogens is 1. The lowest BCUT2D eigenvalue weighted by atomic mass is 10.1. The van der Waals surface area contributed by atoms with Crippen molar-refractivity contribution in [3.63, 3.8) is 0 Å². The first-order valence-electron chi connectivity index (χ1n) is 6.34. The number of benzene rings is 1. The normalized spacial score (nSPS) is 9.81. The Morgan fingerprint density at radius 1 is 1.48 bits per heavy atom. The minimum Gasteiger partial charge on any atom is -0.384 e. The van der Waals surface area contributed by atoms with E-state index in [0.29, 0.717) is 29.2 Å². The standard InChI is InChI=1S/C15H14ClN3O2/c16-13-3-4-14(12(10-13)2-1-9-20)18-15(21)5-7-19-8-6-17-11-19/h3-4,6,8,10-11,20H,5,7,9H2,(H,18,21). The number of aliphatic hydroxyl groups is 1. The number of amides is 1. The summed E-state index contributed by atoms with van der Waals surface area (Å²) in [5.41, 5.74) is 1.16. The molecule has 0 bridgehead atoms. The van der Waals surface area contributed by atoms with E-state index in [1.54, 1.807) is 36.9 Å². The van der Waals surface area contributed by atoms with Crippen LogP contribution < -0.4 is 5.32 Å². The summed E-state index contributed by atoms with van der Waals surface area (Å²) in [4.78, 5) is 15.9. The van der Waals surface area contributed by atoms with Gasteiger partial charge in [-0.15, -0.1) is 0 Å². The SMILES string of the molecule is O=C(CCn1ccnc1)Nc1ccc(Cl)cc1C#CCO. The van der Waals surface area contributed by atoms with E-state index in [1.165, 1.54) is 0 Å². The van der Waals surface area contributed by atoms with Gasteiger partial charge in [0, 0.05) is 35.9 Å². The average Bonchev–Trinajstić information content (AvgIpc) is 2.98. The van der Waals surface area contributed by atoms with Crippen molar-refractivity contribution in [1.29, 1.82) is 0 Å². The molecule has 0 saturated heterocycles. The summed E-state index contributed by atoms with van der Waals surface area (Å²) >= 11 is 5.91. The van der Waals surface area contributed by atoms with Gasteiger partial charge in [0.2, 0.25) is 5.91 Å². The van der Waals surface area contributed by atoms with Crippen molar-refractivity contribution < 1.29 is 9.90 Å². The number of aliphatic hydroxyl groups excluding tert-OH is 1. The van der Waals surface area contributed by atoms with Crippen LogP contribution in [-0.4, -0.2) is 27.2 Å². The molecule has 108 valence electrons. The van der Waals surface area contributed by atoms with Crippen molar-refractivity contribution in [2.45, 2.75) is 13.0 Å². The lowest BCUT2D eigenvalue weighted by molar-refractivity contribution is -0.116. The van der Waals surface area contributed by atoms with Gasteiger partial charge in [-0.05, 0) is 18.2 Å². The van der Waals surface area contributed by atoms with Crippen molar-refractivity contribution in [3.8, 4) is 11.8 Å². The van der Waals surface area contributed by atoms with E-state index in [4.69, 9.17) is 16.7 Å². The van der Waals surface area contributed by atoms with Crippen LogP contribution >= 0.6 is 11.6 Å². The van der Waals surface area contributed by atoms with Gasteiger partial charge in [0.15, 0.2) is 0 Å². The van der Waals surface area contributed by atoms with Crippen LogP contribution in [0.1, 0.15) is 12.0 Å². The Bertz CT molecular complexity index is 672. The van der Waals surface area contributed by atoms with Gasteiger partial charge < -0.3 is 15.0 Å². The molecule has 1 amide bonds. The summed E-state index contributed by atoms with van der Waals surface area (Å²) in [5.74, 6) is 5.18. The largest absolute Gasteiger partial charge is 0.384 e. The van der Waals surface area contributed by atoms with Gasteiger partial charge in [-0.1, -0.05) is 23.4 Å². The third kappa shape index (κ3) is 4.63. The Hall–Kier alpha value is -2.29. The second-order valence-electron chi connectivity index (χ2n) is 4.25. The van der Waals surface area contributed by atoms with Gasteiger partial charge in [-0.3, -0.25) is 4.79 Å². The van der Waals surface area contributed by atoms with E-state index in [2.05, 4.69) is 22.1 Å². The molecule has 0 atom stereocenters. The van der Waals surface area contributed by atoms with Crippen LogP contribution in [0.25, 0.3) is 0 Å². The summed E-state index contributed by atoms with van der Waals surface area (Å²) < 4.78 is 1.83. The number of carbonyl (C=O) groups is 1. The molecule has 0 aliphatic carbocycles. The van der Waals surface area contributed by atoms with Crippen LogP contribution in [-0.2, 0) is 11.3 Å². The first-order chi connectivity index (χ1) is 10.2. The zero-order chi connectivity index (χ0) is 15.1. The molecule has 1 aromatic carbocycles. The highest BCUT2D eigenvalue weighted by molar-refractivity contribution is 6.30. The van der Waals surface area contributed by atoms with Crippen LogP contribution in [0.2, 0.25) is 5.02 Å². The maximum absolute atomic E-state index is 11.9. The van der Waals surface area contributed by atoms with E-state index >= 15 is 0 Å². The van der Waals surface area contributed by atoms with Gasteiger partial charge in [0.05, 0.1) is 12.0 Å². The molecule has 1 heterocycles. The van der Waals surface area contributed by atoms with Gasteiger partial charge in [-0.2, -0.15) is 0 Å². The highest BCUT2D eigenvalue weighted by Crippen LogP contribution is 2.20. The smallest absolute Gasteiger partial charge is 0.226 e. The molecule has 2 N–H and O–H groups in total. The second-order valence-corrected chi connectivity index (χ2v) is 4.68. The number of rotatable bonds is 4. The molecular weight excluding hydrogens is 290 g/mol. The number of nitrogens with zero attached hydrogens (tertiary/aromatic N) is 2. The molecule has 0 unspecified atom stereocenters. The Kier molecular flexibility index (Phi) is 5.38. The minimum absolute atomic E-state index is 0.127. The van der Waals surface area contributed by atoms with Crippen molar-refractivity contribution in [3.05, 3.63) is 47.5 Å². The molecule has 0 spiro atoms. The van der Waals surface area contributed by atoms with E-state index in [1.807, 2.05) is 4.57 Å². The zero-order valence-electron chi connectivity index (χ0n) is 11.2. The first kappa shape index (κ1) is 15.1. The van der Waals surface area contributed by atoms with Gasteiger partial charge in [-0.25, -0.2) is 4.98 Å². The van der Waals surface area contributed by atoms with E-state index in [-0.39, 0.29) is 12.5 Å². The van der Waals surface area contributed by atoms with E-state index in [9.17, 15) is 4.79 Å². The first-order valence-corrected chi connectivity index (χ1v) is 6.71. The molecule has 0 fully saturated rings. The van der Waals surface area contributed by atoms with Crippen LogP contribution in [0.3, 0.4) is 0 Å². The number of anilines is 1. The summed E-state index contributed by atoms with van der Waals surface area (Å²) in [6.07, 6.45) is 5.45. The predicted octanol–water partition coefficient (Wildman–Crippen LogP) is 1.91. The number of aryl methyl sites for hydroxylation is 1. The number of hydrogen-bond acceptors (Lipinski definition) is 3. The van der Waals surface area contributed by atoms with Crippen LogP contribution in [0, 0.1) is 11.8 Å². The minimum atomic E-state index is -0.249.